The average molecular weight is 257 g/mol. The number of rotatable bonds is 7. The normalized spacial score (nSPS) is 12.7. The van der Waals surface area contributed by atoms with Gasteiger partial charge in [0.2, 0.25) is 0 Å². The summed E-state index contributed by atoms with van der Waals surface area (Å²) in [6.07, 6.45) is 0. The molecule has 4 heteroatoms. The van der Waals surface area contributed by atoms with Gasteiger partial charge in [-0.2, -0.15) is 8.78 Å². The number of halogens is 2. The molecule has 0 aliphatic rings. The number of nitrogens with one attached hydrogen (secondary N) is 1. The van der Waals surface area contributed by atoms with Crippen LogP contribution in [0.2, 0.25) is 0 Å². The molecule has 18 heavy (non-hydrogen) atoms. The van der Waals surface area contributed by atoms with E-state index in [9.17, 15) is 8.78 Å². The summed E-state index contributed by atoms with van der Waals surface area (Å²) < 4.78 is 33.1. The van der Waals surface area contributed by atoms with E-state index in [0.29, 0.717) is 13.2 Å². The third-order valence-corrected chi connectivity index (χ3v) is 2.63. The van der Waals surface area contributed by atoms with Gasteiger partial charge in [-0.25, -0.2) is 0 Å². The van der Waals surface area contributed by atoms with Gasteiger partial charge in [-0.15, -0.1) is 0 Å². The quantitative estimate of drug-likeness (QED) is 0.810. The number of hydrogen-bond donors (Lipinski definition) is 1. The van der Waals surface area contributed by atoms with E-state index in [1.54, 1.807) is 18.2 Å². The van der Waals surface area contributed by atoms with Gasteiger partial charge in [0.05, 0.1) is 12.1 Å². The zero-order chi connectivity index (χ0) is 13.6. The van der Waals surface area contributed by atoms with E-state index in [0.717, 1.165) is 0 Å². The van der Waals surface area contributed by atoms with E-state index < -0.39 is 11.5 Å². The highest BCUT2D eigenvalue weighted by Crippen LogP contribution is 2.26. The molecule has 1 aromatic carbocycles. The first-order chi connectivity index (χ1) is 8.37. The Morgan fingerprint density at radius 2 is 1.72 bits per heavy atom. The van der Waals surface area contributed by atoms with Crippen LogP contribution in [-0.4, -0.2) is 25.3 Å². The highest BCUT2D eigenvalue weighted by molar-refractivity contribution is 5.20. The molecule has 0 radical (unpaired) electrons. The summed E-state index contributed by atoms with van der Waals surface area (Å²) >= 11 is 0. The summed E-state index contributed by atoms with van der Waals surface area (Å²) in [5.74, 6) is -2.86. The van der Waals surface area contributed by atoms with Gasteiger partial charge >= 0.3 is 0 Å². The Bertz CT molecular complexity index is 352. The number of ether oxygens (including phenoxy) is 1. The van der Waals surface area contributed by atoms with Crippen LogP contribution in [0.15, 0.2) is 30.3 Å². The van der Waals surface area contributed by atoms with Crippen molar-refractivity contribution in [1.82, 2.24) is 5.32 Å². The van der Waals surface area contributed by atoms with Gasteiger partial charge in [-0.3, -0.25) is 0 Å². The third-order valence-electron chi connectivity index (χ3n) is 2.63. The molecule has 0 aliphatic heterocycles. The molecule has 0 amide bonds. The molecule has 0 bridgehead atoms. The van der Waals surface area contributed by atoms with Crippen molar-refractivity contribution in [3.63, 3.8) is 0 Å². The maximum absolute atomic E-state index is 13.8. The minimum atomic E-state index is -2.86. The van der Waals surface area contributed by atoms with Crippen LogP contribution in [0.3, 0.4) is 0 Å². The second-order valence-corrected chi connectivity index (χ2v) is 4.87. The molecular weight excluding hydrogens is 236 g/mol. The van der Waals surface area contributed by atoms with E-state index in [1.807, 2.05) is 20.8 Å². The minimum absolute atomic E-state index is 0.0340. The zero-order valence-corrected chi connectivity index (χ0v) is 11.2. The van der Waals surface area contributed by atoms with Crippen molar-refractivity contribution < 1.29 is 13.5 Å². The summed E-state index contributed by atoms with van der Waals surface area (Å²) in [6, 6.07) is 7.84. The van der Waals surface area contributed by atoms with Gasteiger partial charge in [0.25, 0.3) is 5.92 Å². The number of alkyl halides is 2. The van der Waals surface area contributed by atoms with Crippen molar-refractivity contribution >= 4 is 0 Å². The Balaban J connectivity index is 2.48. The Hall–Kier alpha value is -1.00. The zero-order valence-electron chi connectivity index (χ0n) is 11.2. The van der Waals surface area contributed by atoms with Crippen molar-refractivity contribution in [2.24, 2.45) is 0 Å². The number of hydrogen-bond acceptors (Lipinski definition) is 2. The highest BCUT2D eigenvalue weighted by atomic mass is 19.3. The summed E-state index contributed by atoms with van der Waals surface area (Å²) in [5.41, 5.74) is -0.395. The second kappa shape index (κ2) is 6.25. The predicted molar refractivity (Wildman–Crippen MR) is 68.9 cm³/mol. The summed E-state index contributed by atoms with van der Waals surface area (Å²) in [6.45, 7) is 6.23. The largest absolute Gasteiger partial charge is 0.375 e. The van der Waals surface area contributed by atoms with Crippen LogP contribution < -0.4 is 5.32 Å². The Labute approximate surface area is 107 Å². The average Bonchev–Trinajstić information content (AvgIpc) is 2.29. The lowest BCUT2D eigenvalue weighted by Crippen LogP contribution is -2.41. The molecular formula is C14H21F2NO. The summed E-state index contributed by atoms with van der Waals surface area (Å²) in [7, 11) is 0. The number of benzene rings is 1. The van der Waals surface area contributed by atoms with Crippen LogP contribution in [0.5, 0.6) is 0 Å². The maximum Gasteiger partial charge on any atom is 0.285 e. The van der Waals surface area contributed by atoms with Crippen molar-refractivity contribution in [1.29, 1.82) is 0 Å². The van der Waals surface area contributed by atoms with E-state index >= 15 is 0 Å². The molecule has 0 atom stereocenters. The van der Waals surface area contributed by atoms with Gasteiger partial charge in [-0.1, -0.05) is 30.3 Å². The fourth-order valence-electron chi connectivity index (χ4n) is 1.75. The van der Waals surface area contributed by atoms with Crippen LogP contribution in [0, 0.1) is 0 Å². The maximum atomic E-state index is 13.8. The standard InChI is InChI=1S/C14H21F2NO/c1-4-18-13(2,3)10-17-11-14(15,16)12-8-6-5-7-9-12/h5-9,17H,4,10-11H2,1-3H3. The molecule has 2 nitrogen and oxygen atoms in total. The van der Waals surface area contributed by atoms with Crippen LogP contribution >= 0.6 is 0 Å². The highest BCUT2D eigenvalue weighted by Gasteiger charge is 2.31. The molecule has 0 saturated carbocycles. The van der Waals surface area contributed by atoms with E-state index in [-0.39, 0.29) is 12.1 Å². The monoisotopic (exact) mass is 257 g/mol. The molecule has 0 saturated heterocycles. The smallest absolute Gasteiger partial charge is 0.285 e. The molecule has 0 fully saturated rings. The molecule has 0 unspecified atom stereocenters. The second-order valence-electron chi connectivity index (χ2n) is 4.87. The van der Waals surface area contributed by atoms with Gasteiger partial charge in [0, 0.05) is 18.7 Å². The molecule has 1 N–H and O–H groups in total. The molecule has 0 aromatic heterocycles. The molecule has 0 heterocycles. The topological polar surface area (TPSA) is 21.3 Å². The lowest BCUT2D eigenvalue weighted by Gasteiger charge is -2.26. The summed E-state index contributed by atoms with van der Waals surface area (Å²) in [5, 5.41) is 2.77. The lowest BCUT2D eigenvalue weighted by molar-refractivity contribution is -0.0288. The molecule has 102 valence electrons. The Kier molecular flexibility index (Phi) is 5.23. The van der Waals surface area contributed by atoms with Gasteiger partial charge < -0.3 is 10.1 Å². The van der Waals surface area contributed by atoms with E-state index in [4.69, 9.17) is 4.74 Å². The first-order valence-corrected chi connectivity index (χ1v) is 6.15. The van der Waals surface area contributed by atoms with Crippen LogP contribution in [0.4, 0.5) is 8.78 Å². The van der Waals surface area contributed by atoms with Crippen molar-refractivity contribution in [2.45, 2.75) is 32.3 Å². The SMILES string of the molecule is CCOC(C)(C)CNCC(F)(F)c1ccccc1. The Morgan fingerprint density at radius 3 is 2.28 bits per heavy atom. The first kappa shape index (κ1) is 15.1. The van der Waals surface area contributed by atoms with Crippen molar-refractivity contribution in [3.05, 3.63) is 35.9 Å². The molecule has 1 rings (SSSR count). The van der Waals surface area contributed by atoms with E-state index in [2.05, 4.69) is 5.32 Å². The fourth-order valence-corrected chi connectivity index (χ4v) is 1.75. The van der Waals surface area contributed by atoms with Crippen LogP contribution in [-0.2, 0) is 10.7 Å². The fraction of sp³-hybridized carbons (Fsp3) is 0.571. The van der Waals surface area contributed by atoms with Crippen LogP contribution in [0.1, 0.15) is 26.3 Å². The lowest BCUT2D eigenvalue weighted by atomic mass is 10.1. The van der Waals surface area contributed by atoms with Gasteiger partial charge in [0.15, 0.2) is 0 Å². The predicted octanol–water partition coefficient (Wildman–Crippen LogP) is 3.18. The van der Waals surface area contributed by atoms with Gasteiger partial charge in [0.1, 0.15) is 0 Å². The summed E-state index contributed by atoms with van der Waals surface area (Å²) in [4.78, 5) is 0. The minimum Gasteiger partial charge on any atom is -0.375 e. The van der Waals surface area contributed by atoms with Crippen molar-refractivity contribution in [2.75, 3.05) is 19.7 Å². The Morgan fingerprint density at radius 1 is 1.11 bits per heavy atom. The van der Waals surface area contributed by atoms with E-state index in [1.165, 1.54) is 12.1 Å². The van der Waals surface area contributed by atoms with Gasteiger partial charge in [-0.05, 0) is 20.8 Å². The third kappa shape index (κ3) is 4.70. The molecule has 0 aliphatic carbocycles. The first-order valence-electron chi connectivity index (χ1n) is 6.15. The van der Waals surface area contributed by atoms with Crippen LogP contribution in [0.25, 0.3) is 0 Å². The molecule has 1 aromatic rings. The van der Waals surface area contributed by atoms with Crippen molar-refractivity contribution in [3.8, 4) is 0 Å². The molecule has 0 spiro atoms.